The number of anilines is 1. The first kappa shape index (κ1) is 21.7. The van der Waals surface area contributed by atoms with E-state index in [0.717, 1.165) is 36.6 Å². The van der Waals surface area contributed by atoms with Crippen molar-refractivity contribution in [3.63, 3.8) is 0 Å². The number of carbonyl (C=O) groups is 1. The highest BCUT2D eigenvalue weighted by Crippen LogP contribution is 2.39. The van der Waals surface area contributed by atoms with Crippen molar-refractivity contribution in [3.05, 3.63) is 59.2 Å². The summed E-state index contributed by atoms with van der Waals surface area (Å²) in [5.41, 5.74) is 3.74. The molecule has 0 saturated carbocycles. The maximum atomic E-state index is 13.1. The molecule has 166 valence electrons. The summed E-state index contributed by atoms with van der Waals surface area (Å²) in [5.74, 6) is 0.120. The van der Waals surface area contributed by atoms with Crippen LogP contribution < -0.4 is 14.4 Å². The Kier molecular flexibility index (Phi) is 5.50. The summed E-state index contributed by atoms with van der Waals surface area (Å²) < 4.78 is 32.4. The van der Waals surface area contributed by atoms with Gasteiger partial charge in [0.2, 0.25) is 10.0 Å². The van der Waals surface area contributed by atoms with E-state index in [1.165, 1.54) is 9.87 Å². The zero-order valence-electron chi connectivity index (χ0n) is 18.5. The highest BCUT2D eigenvalue weighted by molar-refractivity contribution is 7.92. The van der Waals surface area contributed by atoms with Crippen molar-refractivity contribution in [2.45, 2.75) is 57.6 Å². The van der Waals surface area contributed by atoms with Gasteiger partial charge in [-0.3, -0.25) is 9.10 Å². The molecule has 0 spiro atoms. The van der Waals surface area contributed by atoms with E-state index < -0.39 is 16.1 Å². The SMILES string of the molecule is CC(C)(C)c1ccc2c(c1)N(S(C)(=O)=O)C[C@H](C(=O)N[C@@H]1CCCc3ccccc31)O2. The largest absolute Gasteiger partial charge is 0.476 e. The first-order valence-corrected chi connectivity index (χ1v) is 12.6. The van der Waals surface area contributed by atoms with Gasteiger partial charge in [-0.2, -0.15) is 0 Å². The number of carbonyl (C=O) groups excluding carboxylic acids is 1. The Morgan fingerprint density at radius 2 is 1.90 bits per heavy atom. The molecule has 0 unspecified atom stereocenters. The first-order chi connectivity index (χ1) is 14.5. The zero-order valence-corrected chi connectivity index (χ0v) is 19.3. The minimum Gasteiger partial charge on any atom is -0.476 e. The maximum absolute atomic E-state index is 13.1. The maximum Gasteiger partial charge on any atom is 0.263 e. The molecule has 1 N–H and O–H groups in total. The van der Waals surface area contributed by atoms with Crippen molar-refractivity contribution in [3.8, 4) is 5.75 Å². The van der Waals surface area contributed by atoms with Crippen LogP contribution in [0.2, 0.25) is 0 Å². The molecule has 6 nitrogen and oxygen atoms in total. The van der Waals surface area contributed by atoms with Crippen LogP contribution in [0.15, 0.2) is 42.5 Å². The molecule has 2 aromatic rings. The summed E-state index contributed by atoms with van der Waals surface area (Å²) in [6, 6.07) is 13.6. The fourth-order valence-corrected chi connectivity index (χ4v) is 5.24. The van der Waals surface area contributed by atoms with Crippen molar-refractivity contribution >= 4 is 21.6 Å². The van der Waals surface area contributed by atoms with Crippen LogP contribution in [0.4, 0.5) is 5.69 Å². The molecule has 0 radical (unpaired) electrons. The number of rotatable bonds is 3. The Labute approximate surface area is 184 Å². The van der Waals surface area contributed by atoms with Crippen LogP contribution in [0.25, 0.3) is 0 Å². The molecule has 0 bridgehead atoms. The van der Waals surface area contributed by atoms with E-state index in [0.29, 0.717) is 11.4 Å². The zero-order chi connectivity index (χ0) is 22.4. The number of sulfonamides is 1. The molecule has 1 heterocycles. The number of benzene rings is 2. The average Bonchev–Trinajstić information content (AvgIpc) is 2.71. The molecular weight excluding hydrogens is 412 g/mol. The molecule has 1 aliphatic carbocycles. The van der Waals surface area contributed by atoms with Gasteiger partial charge in [0.15, 0.2) is 6.10 Å². The Morgan fingerprint density at radius 3 is 2.61 bits per heavy atom. The van der Waals surface area contributed by atoms with Gasteiger partial charge < -0.3 is 10.1 Å². The lowest BCUT2D eigenvalue weighted by molar-refractivity contribution is -0.128. The van der Waals surface area contributed by atoms with Gasteiger partial charge in [0, 0.05) is 0 Å². The molecule has 0 aromatic heterocycles. The molecule has 31 heavy (non-hydrogen) atoms. The van der Waals surface area contributed by atoms with Crippen LogP contribution in [0, 0.1) is 0 Å². The number of nitrogens with zero attached hydrogens (tertiary/aromatic N) is 1. The lowest BCUT2D eigenvalue weighted by atomic mass is 9.86. The molecule has 1 amide bonds. The van der Waals surface area contributed by atoms with Gasteiger partial charge >= 0.3 is 0 Å². The third kappa shape index (κ3) is 4.42. The monoisotopic (exact) mass is 442 g/mol. The molecule has 7 heteroatoms. The molecule has 2 aliphatic rings. The number of hydrogen-bond acceptors (Lipinski definition) is 4. The predicted molar refractivity (Wildman–Crippen MR) is 122 cm³/mol. The summed E-state index contributed by atoms with van der Waals surface area (Å²) in [6.07, 6.45) is 3.13. The number of hydrogen-bond donors (Lipinski definition) is 1. The van der Waals surface area contributed by atoms with Crippen molar-refractivity contribution in [1.29, 1.82) is 0 Å². The summed E-state index contributed by atoms with van der Waals surface area (Å²) in [5, 5.41) is 3.10. The second kappa shape index (κ2) is 7.86. The van der Waals surface area contributed by atoms with Gasteiger partial charge in [0.1, 0.15) is 5.75 Å². The van der Waals surface area contributed by atoms with Crippen molar-refractivity contribution in [1.82, 2.24) is 5.32 Å². The number of fused-ring (bicyclic) bond motifs is 2. The minimum absolute atomic E-state index is 0.0420. The second-order valence-corrected chi connectivity index (χ2v) is 11.4. The van der Waals surface area contributed by atoms with Gasteiger partial charge in [0.05, 0.1) is 24.5 Å². The van der Waals surface area contributed by atoms with Crippen molar-refractivity contribution in [2.24, 2.45) is 0 Å². The first-order valence-electron chi connectivity index (χ1n) is 10.7. The smallest absolute Gasteiger partial charge is 0.263 e. The molecule has 0 saturated heterocycles. The van der Waals surface area contributed by atoms with Crippen LogP contribution in [0.1, 0.15) is 56.3 Å². The topological polar surface area (TPSA) is 75.7 Å². The number of nitrogens with one attached hydrogen (secondary N) is 1. The molecular formula is C24H30N2O4S. The number of aryl methyl sites for hydroxylation is 1. The van der Waals surface area contributed by atoms with Crippen LogP contribution >= 0.6 is 0 Å². The van der Waals surface area contributed by atoms with Gasteiger partial charge in [-0.15, -0.1) is 0 Å². The summed E-state index contributed by atoms with van der Waals surface area (Å²) in [6.45, 7) is 6.17. The number of ether oxygens (including phenoxy) is 1. The summed E-state index contributed by atoms with van der Waals surface area (Å²) in [7, 11) is -3.58. The Morgan fingerprint density at radius 1 is 1.16 bits per heavy atom. The van der Waals surface area contributed by atoms with Crippen LogP contribution in [-0.4, -0.2) is 33.2 Å². The van der Waals surface area contributed by atoms with E-state index in [9.17, 15) is 13.2 Å². The summed E-state index contributed by atoms with van der Waals surface area (Å²) >= 11 is 0. The molecule has 2 aromatic carbocycles. The lowest BCUT2D eigenvalue weighted by Gasteiger charge is -2.36. The van der Waals surface area contributed by atoms with Crippen molar-refractivity contribution in [2.75, 3.05) is 17.1 Å². The second-order valence-electron chi connectivity index (χ2n) is 9.49. The molecule has 0 fully saturated rings. The van der Waals surface area contributed by atoms with Crippen LogP contribution in [0.5, 0.6) is 5.75 Å². The standard InChI is InChI=1S/C24H30N2O4S/c1-24(2,3)17-12-13-21-20(14-17)26(31(4,28)29)15-22(30-21)23(27)25-19-11-7-9-16-8-5-6-10-18(16)19/h5-6,8,10,12-14,19,22H,7,9,11,15H2,1-4H3,(H,25,27)/t19-,22-/m1/s1. The van der Waals surface area contributed by atoms with Crippen LogP contribution in [-0.2, 0) is 26.7 Å². The quantitative estimate of drug-likeness (QED) is 0.786. The lowest BCUT2D eigenvalue weighted by Crippen LogP contribution is -2.51. The van der Waals surface area contributed by atoms with Gasteiger partial charge in [-0.05, 0) is 53.5 Å². The Bertz CT molecular complexity index is 1100. The van der Waals surface area contributed by atoms with Gasteiger partial charge in [-0.1, -0.05) is 51.1 Å². The fourth-order valence-electron chi connectivity index (χ4n) is 4.34. The van der Waals surface area contributed by atoms with E-state index in [1.807, 2.05) is 30.3 Å². The van der Waals surface area contributed by atoms with Crippen molar-refractivity contribution < 1.29 is 17.9 Å². The molecule has 1 aliphatic heterocycles. The van der Waals surface area contributed by atoms with E-state index in [4.69, 9.17) is 4.74 Å². The highest BCUT2D eigenvalue weighted by Gasteiger charge is 2.37. The normalized spacial score (nSPS) is 21.0. The van der Waals surface area contributed by atoms with E-state index in [2.05, 4.69) is 32.2 Å². The number of amides is 1. The highest BCUT2D eigenvalue weighted by atomic mass is 32.2. The summed E-state index contributed by atoms with van der Waals surface area (Å²) in [4.78, 5) is 13.1. The van der Waals surface area contributed by atoms with Crippen LogP contribution in [0.3, 0.4) is 0 Å². The third-order valence-electron chi connectivity index (χ3n) is 6.07. The molecule has 2 atom stereocenters. The van der Waals surface area contributed by atoms with Gasteiger partial charge in [0.25, 0.3) is 5.91 Å². The van der Waals surface area contributed by atoms with E-state index in [-0.39, 0.29) is 23.9 Å². The fraction of sp³-hybridized carbons (Fsp3) is 0.458. The minimum atomic E-state index is -3.58. The average molecular weight is 443 g/mol. The third-order valence-corrected chi connectivity index (χ3v) is 7.22. The van der Waals surface area contributed by atoms with E-state index >= 15 is 0 Å². The molecule has 4 rings (SSSR count). The predicted octanol–water partition coefficient (Wildman–Crippen LogP) is 3.70. The van der Waals surface area contributed by atoms with Gasteiger partial charge in [-0.25, -0.2) is 8.42 Å². The Hall–Kier alpha value is -2.54. The Balaban J connectivity index is 1.61. The van der Waals surface area contributed by atoms with E-state index in [1.54, 1.807) is 6.07 Å².